The number of nitrogens with two attached hydrogens (primary N) is 1. The van der Waals surface area contributed by atoms with Crippen LogP contribution in [-0.2, 0) is 50.9 Å². The molecule has 0 fully saturated rings. The molecule has 0 heterocycles. The maximum absolute atomic E-state index is 10.6. The number of carbonyl (C=O) groups excluding carboxylic acids is 1. The molecule has 0 spiro atoms. The van der Waals surface area contributed by atoms with Crippen LogP contribution in [0.3, 0.4) is 0 Å². The van der Waals surface area contributed by atoms with Crippen LogP contribution in [0.4, 0.5) is 0 Å². The van der Waals surface area contributed by atoms with Crippen molar-refractivity contribution >= 4 is 46.0 Å². The van der Waals surface area contributed by atoms with E-state index in [1.807, 2.05) is 63.2 Å². The van der Waals surface area contributed by atoms with Crippen molar-refractivity contribution in [3.05, 3.63) is 141 Å². The van der Waals surface area contributed by atoms with E-state index in [0.717, 1.165) is 52.1 Å². The van der Waals surface area contributed by atoms with E-state index in [-0.39, 0.29) is 46.8 Å². The standard InChI is InChI=1S/C17H21N.C10H12O.C7H9N.CH4O.CH4.B.Na.S3.H/c1-13-9-14(2)17(15(3)10-13)12-18-11-16-7-5-4-6-8-16;1-7-4-8(2)10(6-11)9(3)5-7;8-6-7-4-2-1-3-5-7;1-2;;;;1-3-2;/h4-10,18H,11-12H2,1-3H3;4-6H,1-3H3;1-5H,6,8H2;2H,1H3;1H4;;;;/q;;;;;;+1;;-1. The number of hydrogen-bond donors (Lipinski definition) is 3. The van der Waals surface area contributed by atoms with Crippen LogP contribution in [0.2, 0.25) is 0 Å². The second-order valence-electron chi connectivity index (χ2n) is 9.65. The molecule has 0 unspecified atom stereocenters. The summed E-state index contributed by atoms with van der Waals surface area (Å²) in [5.74, 6) is 0. The zero-order valence-corrected chi connectivity index (χ0v) is 32.0. The van der Waals surface area contributed by atoms with Gasteiger partial charge in [0, 0.05) is 72.0 Å². The Hall–Kier alpha value is -1.85. The average Bonchev–Trinajstić information content (AvgIpc) is 2.97. The summed E-state index contributed by atoms with van der Waals surface area (Å²) >= 11 is 8.25. The van der Waals surface area contributed by atoms with Gasteiger partial charge in [-0.25, -0.2) is 0 Å². The summed E-state index contributed by atoms with van der Waals surface area (Å²) in [6, 6.07) is 29.1. The summed E-state index contributed by atoms with van der Waals surface area (Å²) < 4.78 is 0. The van der Waals surface area contributed by atoms with Crippen LogP contribution in [0, 0.1) is 41.5 Å². The van der Waals surface area contributed by atoms with Crippen LogP contribution in [0.15, 0.2) is 84.9 Å². The summed E-state index contributed by atoms with van der Waals surface area (Å²) in [6.45, 7) is 15.0. The first kappa shape index (κ1) is 50.0. The van der Waals surface area contributed by atoms with Crippen molar-refractivity contribution in [1.29, 1.82) is 0 Å². The number of aldehydes is 1. The molecule has 0 amide bonds. The average molecular weight is 674 g/mol. The van der Waals surface area contributed by atoms with Crippen LogP contribution in [0.5, 0.6) is 0 Å². The van der Waals surface area contributed by atoms with Crippen LogP contribution in [-0.4, -0.2) is 26.9 Å². The molecule has 0 saturated carbocycles. The largest absolute Gasteiger partial charge is 1.00 e. The van der Waals surface area contributed by atoms with Crippen LogP contribution >= 0.6 is 0 Å². The zero-order chi connectivity index (χ0) is 31.9. The zero-order valence-electron chi connectivity index (χ0n) is 28.5. The number of aliphatic hydroxyl groups excluding tert-OH is 1. The van der Waals surface area contributed by atoms with E-state index in [0.29, 0.717) is 6.54 Å². The van der Waals surface area contributed by atoms with Crippen molar-refractivity contribution in [1.82, 2.24) is 5.32 Å². The number of rotatable bonds is 6. The van der Waals surface area contributed by atoms with Gasteiger partial charge in [0.1, 0.15) is 0 Å². The van der Waals surface area contributed by atoms with E-state index >= 15 is 0 Å². The van der Waals surface area contributed by atoms with E-state index < -0.39 is 0 Å². The molecular weight excluding hydrogens is 622 g/mol. The Morgan fingerprint density at radius 2 is 1.09 bits per heavy atom. The van der Waals surface area contributed by atoms with Crippen LogP contribution in [0.1, 0.15) is 69.3 Å². The van der Waals surface area contributed by atoms with Gasteiger partial charge in [-0.15, -0.1) is 0 Å². The van der Waals surface area contributed by atoms with Crippen LogP contribution in [0.25, 0.3) is 0 Å². The predicted molar refractivity (Wildman–Crippen MR) is 202 cm³/mol. The van der Waals surface area contributed by atoms with Gasteiger partial charge in [-0.05, 0) is 80.5 Å². The summed E-state index contributed by atoms with van der Waals surface area (Å²) in [5, 5.41) is 10.5. The fourth-order valence-corrected chi connectivity index (χ4v) is 4.41. The monoisotopic (exact) mass is 673 g/mol. The molecule has 0 aliphatic rings. The Kier molecular flexibility index (Phi) is 34.2. The van der Waals surface area contributed by atoms with Gasteiger partial charge in [-0.2, -0.15) is 0 Å². The fraction of sp³-hybridized carbons (Fsp3) is 0.306. The van der Waals surface area contributed by atoms with E-state index in [1.165, 1.54) is 38.9 Å². The van der Waals surface area contributed by atoms with E-state index in [2.05, 4.69) is 90.9 Å². The Balaban J connectivity index is -0.000000174. The molecule has 0 bridgehead atoms. The first-order valence-corrected chi connectivity index (χ1v) is 16.3. The minimum Gasteiger partial charge on any atom is -1.00 e. The van der Waals surface area contributed by atoms with Gasteiger partial charge >= 0.3 is 29.6 Å². The van der Waals surface area contributed by atoms with Gasteiger partial charge in [-0.3, -0.25) is 4.79 Å². The van der Waals surface area contributed by atoms with Gasteiger partial charge in [0.2, 0.25) is 0 Å². The Morgan fingerprint density at radius 3 is 1.42 bits per heavy atom. The van der Waals surface area contributed by atoms with Crippen molar-refractivity contribution in [3.63, 3.8) is 0 Å². The number of aryl methyl sites for hydroxylation is 6. The molecule has 0 aromatic heterocycles. The quantitative estimate of drug-likeness (QED) is 0.208. The number of nitrogens with one attached hydrogen (secondary N) is 1. The second kappa shape index (κ2) is 30.8. The SMILES string of the molecule is C.CO.Cc1cc(C)c(C=O)c(C)c1.Cc1cc(C)c(CNCc2ccccc2)c(C)c1.NCc1ccccc1.S=S=S.[B].[H-].[Na+]. The molecule has 4 rings (SSSR count). The third-order valence-corrected chi connectivity index (χ3v) is 6.25. The van der Waals surface area contributed by atoms with Crippen molar-refractivity contribution in [2.24, 2.45) is 5.73 Å². The summed E-state index contributed by atoms with van der Waals surface area (Å²) in [5.41, 5.74) is 17.6. The van der Waals surface area contributed by atoms with Crippen molar-refractivity contribution < 1.29 is 40.9 Å². The molecule has 4 aromatic rings. The molecule has 0 atom stereocenters. The molecule has 239 valence electrons. The van der Waals surface area contributed by atoms with Crippen molar-refractivity contribution in [2.45, 2.75) is 68.6 Å². The Bertz CT molecular complexity index is 1330. The number of aliphatic hydroxyl groups is 1. The minimum atomic E-state index is 0. The van der Waals surface area contributed by atoms with Gasteiger partial charge in [0.25, 0.3) is 0 Å². The molecule has 4 nitrogen and oxygen atoms in total. The molecule has 0 aliphatic heterocycles. The predicted octanol–water partition coefficient (Wildman–Crippen LogP) is 4.44. The molecule has 0 aliphatic carbocycles. The molecule has 4 N–H and O–H groups in total. The maximum atomic E-state index is 10.6. The van der Waals surface area contributed by atoms with Crippen molar-refractivity contribution in [2.75, 3.05) is 7.11 Å². The third kappa shape index (κ3) is 21.6. The summed E-state index contributed by atoms with van der Waals surface area (Å²) in [6.07, 6.45) is 0.921. The second-order valence-corrected chi connectivity index (χ2v) is 11.4. The van der Waals surface area contributed by atoms with Gasteiger partial charge in [-0.1, -0.05) is 103 Å². The van der Waals surface area contributed by atoms with Crippen molar-refractivity contribution in [3.8, 4) is 0 Å². The fourth-order valence-electron chi connectivity index (χ4n) is 4.41. The smallest absolute Gasteiger partial charge is 1.00 e. The van der Waals surface area contributed by atoms with Gasteiger partial charge in [0.15, 0.2) is 6.29 Å². The number of benzene rings is 4. The summed E-state index contributed by atoms with van der Waals surface area (Å²) in [7, 11) is 1.92. The first-order valence-electron chi connectivity index (χ1n) is 13.6. The maximum Gasteiger partial charge on any atom is 1.00 e. The molecule has 45 heavy (non-hydrogen) atoms. The summed E-state index contributed by atoms with van der Waals surface area (Å²) in [4.78, 5) is 10.6. The van der Waals surface area contributed by atoms with Crippen LogP contribution < -0.4 is 40.6 Å². The van der Waals surface area contributed by atoms with E-state index in [4.69, 9.17) is 10.8 Å². The number of hydrogen-bond acceptors (Lipinski definition) is 6. The minimum absolute atomic E-state index is 0. The molecule has 9 heteroatoms. The third-order valence-electron chi connectivity index (χ3n) is 6.25. The first-order chi connectivity index (χ1) is 20.2. The Labute approximate surface area is 311 Å². The molecule has 3 radical (unpaired) electrons. The van der Waals surface area contributed by atoms with Gasteiger partial charge in [0.05, 0.1) is 0 Å². The molecule has 0 saturated heterocycles. The van der Waals surface area contributed by atoms with E-state index in [9.17, 15) is 4.79 Å². The topological polar surface area (TPSA) is 75.3 Å². The number of carbonyl (C=O) groups is 1. The normalized spacial score (nSPS) is 8.64. The van der Waals surface area contributed by atoms with E-state index in [1.54, 1.807) is 0 Å². The molecule has 4 aromatic carbocycles. The van der Waals surface area contributed by atoms with Gasteiger partial charge < -0.3 is 17.6 Å². The molecular formula is C36H51BN2NaO2S3. The Morgan fingerprint density at radius 1 is 0.733 bits per heavy atom.